The molecule has 3 nitrogen and oxygen atoms in total. The number of hydrogen-bond acceptors (Lipinski definition) is 4. The lowest BCUT2D eigenvalue weighted by Gasteiger charge is -2.18. The number of aliphatic hydroxyl groups excluding tert-OH is 1. The van der Waals surface area contributed by atoms with E-state index in [4.69, 9.17) is 4.98 Å². The minimum Gasteiger partial charge on any atom is -0.391 e. The molecule has 0 radical (unpaired) electrons. The van der Waals surface area contributed by atoms with E-state index >= 15 is 0 Å². The van der Waals surface area contributed by atoms with E-state index in [-0.39, 0.29) is 6.61 Å². The Balaban J connectivity index is 1.56. The van der Waals surface area contributed by atoms with Gasteiger partial charge in [-0.1, -0.05) is 12.8 Å². The van der Waals surface area contributed by atoms with Gasteiger partial charge in [0.1, 0.15) is 0 Å². The van der Waals surface area contributed by atoms with Crippen LogP contribution in [0.5, 0.6) is 0 Å². The van der Waals surface area contributed by atoms with Gasteiger partial charge in [0, 0.05) is 18.9 Å². The second-order valence-corrected chi connectivity index (χ2v) is 7.02. The van der Waals surface area contributed by atoms with Crippen molar-refractivity contribution < 1.29 is 5.11 Å². The Morgan fingerprint density at radius 3 is 2.53 bits per heavy atom. The molecule has 4 heteroatoms. The molecule has 1 saturated carbocycles. The molecule has 0 spiro atoms. The summed E-state index contributed by atoms with van der Waals surface area (Å²) in [5.41, 5.74) is 1.21. The van der Waals surface area contributed by atoms with Gasteiger partial charge in [0.25, 0.3) is 0 Å². The van der Waals surface area contributed by atoms with Crippen LogP contribution >= 0.6 is 11.3 Å². The molecule has 1 N–H and O–H groups in total. The van der Waals surface area contributed by atoms with E-state index in [0.717, 1.165) is 17.8 Å². The molecule has 1 saturated heterocycles. The number of aliphatic hydroxyl groups is 1. The maximum atomic E-state index is 9.42. The van der Waals surface area contributed by atoms with Crippen molar-refractivity contribution in [3.63, 3.8) is 0 Å². The summed E-state index contributed by atoms with van der Waals surface area (Å²) < 4.78 is 0. The van der Waals surface area contributed by atoms with Crippen LogP contribution in [0.15, 0.2) is 0 Å². The molecule has 3 rings (SSSR count). The molecule has 1 aliphatic heterocycles. The zero-order valence-corrected chi connectivity index (χ0v) is 12.4. The van der Waals surface area contributed by atoms with Crippen LogP contribution in [-0.4, -0.2) is 34.6 Å². The number of rotatable bonds is 5. The van der Waals surface area contributed by atoms with Gasteiger partial charge in [-0.25, -0.2) is 4.98 Å². The van der Waals surface area contributed by atoms with Gasteiger partial charge < -0.3 is 10.0 Å². The topological polar surface area (TPSA) is 36.4 Å². The third-order valence-electron chi connectivity index (χ3n) is 4.22. The van der Waals surface area contributed by atoms with Crippen LogP contribution in [0.25, 0.3) is 0 Å². The van der Waals surface area contributed by atoms with Crippen molar-refractivity contribution in [3.8, 4) is 0 Å². The van der Waals surface area contributed by atoms with Gasteiger partial charge in [-0.2, -0.15) is 0 Å². The van der Waals surface area contributed by atoms with Crippen LogP contribution in [0.1, 0.15) is 60.0 Å². The van der Waals surface area contributed by atoms with Gasteiger partial charge in [-0.3, -0.25) is 0 Å². The van der Waals surface area contributed by atoms with Crippen LogP contribution in [0, 0.1) is 0 Å². The highest BCUT2D eigenvalue weighted by Gasteiger charge is 2.29. The van der Waals surface area contributed by atoms with Gasteiger partial charge in [-0.15, -0.1) is 11.3 Å². The number of thiazole rings is 1. The van der Waals surface area contributed by atoms with E-state index in [2.05, 4.69) is 4.90 Å². The molecular formula is C15H24N2OS. The largest absolute Gasteiger partial charge is 0.391 e. The van der Waals surface area contributed by atoms with E-state index in [1.54, 1.807) is 11.3 Å². The highest BCUT2D eigenvalue weighted by atomic mass is 32.1. The third kappa shape index (κ3) is 3.56. The van der Waals surface area contributed by atoms with Crippen molar-refractivity contribution in [2.75, 3.05) is 19.6 Å². The van der Waals surface area contributed by atoms with Gasteiger partial charge in [0.15, 0.2) is 0 Å². The van der Waals surface area contributed by atoms with Crippen LogP contribution in [0.3, 0.4) is 0 Å². The predicted molar refractivity (Wildman–Crippen MR) is 78.6 cm³/mol. The van der Waals surface area contributed by atoms with Gasteiger partial charge in [0.2, 0.25) is 0 Å². The van der Waals surface area contributed by atoms with Crippen molar-refractivity contribution in [2.45, 2.75) is 57.5 Å². The summed E-state index contributed by atoms with van der Waals surface area (Å²) in [7, 11) is 0. The minimum atomic E-state index is 0.174. The molecule has 1 aromatic rings. The quantitative estimate of drug-likeness (QED) is 0.901. The van der Waals surface area contributed by atoms with Crippen LogP contribution in [0.2, 0.25) is 0 Å². The Labute approximate surface area is 119 Å². The van der Waals surface area contributed by atoms with Crippen LogP contribution < -0.4 is 0 Å². The Morgan fingerprint density at radius 2 is 1.89 bits per heavy atom. The standard InChI is InChI=1S/C15H24N2OS/c18-11-13-15(12-5-6-12)16-14(19-13)7-10-17-8-3-1-2-4-9-17/h12,18H,1-11H2. The third-order valence-corrected chi connectivity index (χ3v) is 5.34. The first-order valence-corrected chi connectivity index (χ1v) is 8.50. The van der Waals surface area contributed by atoms with E-state index < -0.39 is 0 Å². The maximum absolute atomic E-state index is 9.42. The molecule has 0 aromatic carbocycles. The molecule has 0 atom stereocenters. The summed E-state index contributed by atoms with van der Waals surface area (Å²) in [6, 6.07) is 0. The second kappa shape index (κ2) is 6.33. The fraction of sp³-hybridized carbons (Fsp3) is 0.800. The van der Waals surface area contributed by atoms with Crippen molar-refractivity contribution in [1.29, 1.82) is 0 Å². The first-order chi connectivity index (χ1) is 9.36. The molecule has 2 aliphatic rings. The fourth-order valence-corrected chi connectivity index (χ4v) is 3.93. The maximum Gasteiger partial charge on any atom is 0.0944 e. The Kier molecular flexibility index (Phi) is 4.51. The van der Waals surface area contributed by atoms with E-state index in [1.807, 2.05) is 0 Å². The van der Waals surface area contributed by atoms with Crippen molar-refractivity contribution >= 4 is 11.3 Å². The Morgan fingerprint density at radius 1 is 1.16 bits per heavy atom. The summed E-state index contributed by atoms with van der Waals surface area (Å²) in [6.45, 7) is 3.83. The molecule has 1 aromatic heterocycles. The number of likely N-dealkylation sites (tertiary alicyclic amines) is 1. The fourth-order valence-electron chi connectivity index (χ4n) is 2.92. The van der Waals surface area contributed by atoms with E-state index in [1.165, 1.54) is 62.3 Å². The number of nitrogens with zero attached hydrogens (tertiary/aromatic N) is 2. The zero-order chi connectivity index (χ0) is 13.1. The average molecular weight is 280 g/mol. The Bertz CT molecular complexity index is 406. The smallest absolute Gasteiger partial charge is 0.0944 e. The predicted octanol–water partition coefficient (Wildman–Crippen LogP) is 2.93. The molecule has 0 bridgehead atoms. The Hall–Kier alpha value is -0.450. The summed E-state index contributed by atoms with van der Waals surface area (Å²) in [5, 5.41) is 10.7. The lowest BCUT2D eigenvalue weighted by Crippen LogP contribution is -2.26. The lowest BCUT2D eigenvalue weighted by atomic mass is 10.2. The van der Waals surface area contributed by atoms with Gasteiger partial charge >= 0.3 is 0 Å². The number of aromatic nitrogens is 1. The zero-order valence-electron chi connectivity index (χ0n) is 11.6. The minimum absolute atomic E-state index is 0.174. The van der Waals surface area contributed by atoms with Gasteiger partial charge in [0.05, 0.1) is 22.2 Å². The number of hydrogen-bond donors (Lipinski definition) is 1. The monoisotopic (exact) mass is 280 g/mol. The molecule has 2 heterocycles. The van der Waals surface area contributed by atoms with Crippen LogP contribution in [0.4, 0.5) is 0 Å². The van der Waals surface area contributed by atoms with Gasteiger partial charge in [-0.05, 0) is 38.8 Å². The van der Waals surface area contributed by atoms with Crippen molar-refractivity contribution in [2.24, 2.45) is 0 Å². The highest BCUT2D eigenvalue weighted by molar-refractivity contribution is 7.11. The van der Waals surface area contributed by atoms with Crippen LogP contribution in [-0.2, 0) is 13.0 Å². The molecule has 1 aliphatic carbocycles. The van der Waals surface area contributed by atoms with E-state index in [9.17, 15) is 5.11 Å². The van der Waals surface area contributed by atoms with Crippen molar-refractivity contribution in [1.82, 2.24) is 9.88 Å². The normalized spacial score (nSPS) is 21.5. The second-order valence-electron chi connectivity index (χ2n) is 5.85. The molecule has 19 heavy (non-hydrogen) atoms. The highest BCUT2D eigenvalue weighted by Crippen LogP contribution is 2.42. The lowest BCUT2D eigenvalue weighted by molar-refractivity contribution is 0.284. The molecule has 106 valence electrons. The molecule has 0 unspecified atom stereocenters. The molecule has 0 amide bonds. The van der Waals surface area contributed by atoms with Crippen molar-refractivity contribution in [3.05, 3.63) is 15.6 Å². The summed E-state index contributed by atoms with van der Waals surface area (Å²) in [4.78, 5) is 8.49. The average Bonchev–Trinajstić information content (AvgIpc) is 3.22. The summed E-state index contributed by atoms with van der Waals surface area (Å²) in [5.74, 6) is 0.658. The summed E-state index contributed by atoms with van der Waals surface area (Å²) >= 11 is 1.73. The summed E-state index contributed by atoms with van der Waals surface area (Å²) in [6.07, 6.45) is 9.09. The van der Waals surface area contributed by atoms with E-state index in [0.29, 0.717) is 5.92 Å². The molecule has 2 fully saturated rings. The first-order valence-electron chi connectivity index (χ1n) is 7.68. The SMILES string of the molecule is OCc1sc(CCN2CCCCCC2)nc1C1CC1. The molecular weight excluding hydrogens is 256 g/mol. The first kappa shape index (κ1) is 13.5.